The molecular formula is C10H15N5O. The summed E-state index contributed by atoms with van der Waals surface area (Å²) in [5.74, 6) is 2.02. The van der Waals surface area contributed by atoms with Gasteiger partial charge in [-0.2, -0.15) is 4.98 Å². The van der Waals surface area contributed by atoms with Gasteiger partial charge < -0.3 is 14.4 Å². The quantitative estimate of drug-likeness (QED) is 0.852. The molecule has 0 amide bonds. The van der Waals surface area contributed by atoms with Gasteiger partial charge in [-0.3, -0.25) is 0 Å². The van der Waals surface area contributed by atoms with Gasteiger partial charge in [0.1, 0.15) is 0 Å². The molecule has 0 aliphatic heterocycles. The van der Waals surface area contributed by atoms with Crippen molar-refractivity contribution in [3.05, 3.63) is 24.1 Å². The van der Waals surface area contributed by atoms with Crippen LogP contribution in [0.3, 0.4) is 0 Å². The maximum Gasteiger partial charge on any atom is 0.246 e. The van der Waals surface area contributed by atoms with Crippen LogP contribution in [0.15, 0.2) is 16.9 Å². The highest BCUT2D eigenvalue weighted by atomic mass is 16.5. The van der Waals surface area contributed by atoms with E-state index in [0.717, 1.165) is 5.95 Å². The minimum Gasteiger partial charge on any atom is -0.347 e. The number of nitrogens with zero attached hydrogens (tertiary/aromatic N) is 4. The fourth-order valence-electron chi connectivity index (χ4n) is 1.43. The van der Waals surface area contributed by atoms with E-state index < -0.39 is 0 Å². The van der Waals surface area contributed by atoms with E-state index in [1.165, 1.54) is 0 Å². The third-order valence-corrected chi connectivity index (χ3v) is 2.19. The van der Waals surface area contributed by atoms with E-state index in [1.54, 1.807) is 13.1 Å². The van der Waals surface area contributed by atoms with Crippen LogP contribution >= 0.6 is 0 Å². The smallest absolute Gasteiger partial charge is 0.246 e. The molecule has 0 bridgehead atoms. The molecule has 6 nitrogen and oxygen atoms in total. The second kappa shape index (κ2) is 4.34. The van der Waals surface area contributed by atoms with Crippen molar-refractivity contribution in [1.82, 2.24) is 19.7 Å². The highest BCUT2D eigenvalue weighted by molar-refractivity contribution is 5.26. The number of rotatable bonds is 4. The maximum absolute atomic E-state index is 5.00. The summed E-state index contributed by atoms with van der Waals surface area (Å²) in [6.45, 7) is 6.49. The molecule has 2 aromatic heterocycles. The largest absolute Gasteiger partial charge is 0.347 e. The van der Waals surface area contributed by atoms with Crippen molar-refractivity contribution in [2.75, 3.05) is 5.32 Å². The van der Waals surface area contributed by atoms with Crippen LogP contribution in [0.4, 0.5) is 5.95 Å². The predicted molar refractivity (Wildman–Crippen MR) is 59.0 cm³/mol. The lowest BCUT2D eigenvalue weighted by atomic mass is 10.4. The maximum atomic E-state index is 5.00. The van der Waals surface area contributed by atoms with Crippen molar-refractivity contribution in [2.45, 2.75) is 33.4 Å². The molecule has 2 rings (SSSR count). The Bertz CT molecular complexity index is 459. The zero-order chi connectivity index (χ0) is 11.5. The van der Waals surface area contributed by atoms with Crippen LogP contribution in [0.1, 0.15) is 31.6 Å². The third kappa shape index (κ3) is 2.21. The number of aryl methyl sites for hydroxylation is 1. The van der Waals surface area contributed by atoms with E-state index >= 15 is 0 Å². The molecule has 86 valence electrons. The Balaban J connectivity index is 2.02. The SMILES string of the molecule is Cc1noc(CNc2nccn2C(C)C)n1. The van der Waals surface area contributed by atoms with Crippen LogP contribution in [-0.2, 0) is 6.54 Å². The van der Waals surface area contributed by atoms with Gasteiger partial charge in [-0.25, -0.2) is 4.98 Å². The van der Waals surface area contributed by atoms with Gasteiger partial charge in [-0.15, -0.1) is 0 Å². The lowest BCUT2D eigenvalue weighted by Crippen LogP contribution is -2.09. The van der Waals surface area contributed by atoms with Gasteiger partial charge in [0.25, 0.3) is 0 Å². The molecule has 0 spiro atoms. The number of hydrogen-bond acceptors (Lipinski definition) is 5. The van der Waals surface area contributed by atoms with Crippen LogP contribution in [-0.4, -0.2) is 19.7 Å². The van der Waals surface area contributed by atoms with Crippen molar-refractivity contribution in [3.63, 3.8) is 0 Å². The first-order chi connectivity index (χ1) is 7.66. The molecule has 0 saturated heterocycles. The Labute approximate surface area is 93.7 Å². The van der Waals surface area contributed by atoms with Crippen molar-refractivity contribution in [1.29, 1.82) is 0 Å². The fourth-order valence-corrected chi connectivity index (χ4v) is 1.43. The number of nitrogens with one attached hydrogen (secondary N) is 1. The van der Waals surface area contributed by atoms with E-state index in [2.05, 4.69) is 34.3 Å². The minimum atomic E-state index is 0.370. The highest BCUT2D eigenvalue weighted by Crippen LogP contribution is 2.13. The molecule has 0 saturated carbocycles. The first-order valence-corrected chi connectivity index (χ1v) is 5.22. The summed E-state index contributed by atoms with van der Waals surface area (Å²) in [5.41, 5.74) is 0. The summed E-state index contributed by atoms with van der Waals surface area (Å²) < 4.78 is 7.05. The molecule has 0 radical (unpaired) electrons. The molecule has 16 heavy (non-hydrogen) atoms. The highest BCUT2D eigenvalue weighted by Gasteiger charge is 2.07. The average molecular weight is 221 g/mol. The van der Waals surface area contributed by atoms with Crippen molar-refractivity contribution >= 4 is 5.95 Å². The Kier molecular flexibility index (Phi) is 2.89. The molecule has 0 aliphatic carbocycles. The number of hydrogen-bond donors (Lipinski definition) is 1. The topological polar surface area (TPSA) is 68.8 Å². The van der Waals surface area contributed by atoms with Crippen LogP contribution < -0.4 is 5.32 Å². The Morgan fingerprint density at radius 2 is 2.31 bits per heavy atom. The molecule has 0 unspecified atom stereocenters. The summed E-state index contributed by atoms with van der Waals surface area (Å²) in [4.78, 5) is 8.33. The summed E-state index contributed by atoms with van der Waals surface area (Å²) >= 11 is 0. The van der Waals surface area contributed by atoms with E-state index in [-0.39, 0.29) is 0 Å². The zero-order valence-electron chi connectivity index (χ0n) is 9.64. The summed E-state index contributed by atoms with van der Waals surface area (Å²) in [6, 6.07) is 0.370. The van der Waals surface area contributed by atoms with Crippen molar-refractivity contribution < 1.29 is 4.52 Å². The molecule has 2 heterocycles. The minimum absolute atomic E-state index is 0.370. The normalized spacial score (nSPS) is 11.0. The Morgan fingerprint density at radius 1 is 1.50 bits per heavy atom. The lowest BCUT2D eigenvalue weighted by Gasteiger charge is -2.11. The van der Waals surface area contributed by atoms with Gasteiger partial charge in [0, 0.05) is 18.4 Å². The second-order valence-electron chi connectivity index (χ2n) is 3.84. The van der Waals surface area contributed by atoms with Crippen LogP contribution in [0, 0.1) is 6.92 Å². The average Bonchev–Trinajstić information content (AvgIpc) is 2.83. The van der Waals surface area contributed by atoms with Gasteiger partial charge in [0.05, 0.1) is 6.54 Å². The fraction of sp³-hybridized carbons (Fsp3) is 0.500. The molecular weight excluding hydrogens is 206 g/mol. The van der Waals surface area contributed by atoms with Gasteiger partial charge in [-0.05, 0) is 20.8 Å². The third-order valence-electron chi connectivity index (χ3n) is 2.19. The molecule has 0 aromatic carbocycles. The molecule has 1 N–H and O–H groups in total. The van der Waals surface area contributed by atoms with E-state index in [9.17, 15) is 0 Å². The first kappa shape index (κ1) is 10.7. The molecule has 2 aromatic rings. The van der Waals surface area contributed by atoms with Crippen LogP contribution in [0.25, 0.3) is 0 Å². The predicted octanol–water partition coefficient (Wildman–Crippen LogP) is 1.77. The van der Waals surface area contributed by atoms with E-state index in [0.29, 0.717) is 24.3 Å². The van der Waals surface area contributed by atoms with E-state index in [4.69, 9.17) is 4.52 Å². The summed E-state index contributed by atoms with van der Waals surface area (Å²) in [6.07, 6.45) is 3.70. The second-order valence-corrected chi connectivity index (χ2v) is 3.84. The van der Waals surface area contributed by atoms with Crippen molar-refractivity contribution in [3.8, 4) is 0 Å². The van der Waals surface area contributed by atoms with E-state index in [1.807, 2.05) is 10.8 Å². The monoisotopic (exact) mass is 221 g/mol. The van der Waals surface area contributed by atoms with Gasteiger partial charge in [-0.1, -0.05) is 5.16 Å². The van der Waals surface area contributed by atoms with Gasteiger partial charge in [0.15, 0.2) is 5.82 Å². The summed E-state index contributed by atoms with van der Waals surface area (Å²) in [5, 5.41) is 6.88. The van der Waals surface area contributed by atoms with Crippen LogP contribution in [0.2, 0.25) is 0 Å². The molecule has 6 heteroatoms. The molecule has 0 atom stereocenters. The molecule has 0 aliphatic rings. The Hall–Kier alpha value is -1.85. The number of imidazole rings is 1. The van der Waals surface area contributed by atoms with Crippen LogP contribution in [0.5, 0.6) is 0 Å². The summed E-state index contributed by atoms with van der Waals surface area (Å²) in [7, 11) is 0. The van der Waals surface area contributed by atoms with Crippen molar-refractivity contribution in [2.24, 2.45) is 0 Å². The number of aromatic nitrogens is 4. The molecule has 0 fully saturated rings. The Morgan fingerprint density at radius 3 is 2.94 bits per heavy atom. The van der Waals surface area contributed by atoms with Gasteiger partial charge >= 0.3 is 0 Å². The number of anilines is 1. The van der Waals surface area contributed by atoms with Gasteiger partial charge in [0.2, 0.25) is 11.8 Å². The standard InChI is InChI=1S/C10H15N5O/c1-7(2)15-5-4-11-10(15)12-6-9-13-8(3)14-16-9/h4-5,7H,6H2,1-3H3,(H,11,12). The first-order valence-electron chi connectivity index (χ1n) is 5.22. The zero-order valence-corrected chi connectivity index (χ0v) is 9.64. The lowest BCUT2D eigenvalue weighted by molar-refractivity contribution is 0.379.